The molecule has 2 aromatic carbocycles. The molecule has 0 saturated heterocycles. The van der Waals surface area contributed by atoms with Crippen molar-refractivity contribution in [2.24, 2.45) is 5.73 Å². The monoisotopic (exact) mass is 430 g/mol. The van der Waals surface area contributed by atoms with Crippen LogP contribution in [-0.4, -0.2) is 27.8 Å². The van der Waals surface area contributed by atoms with Gasteiger partial charge < -0.3 is 19.5 Å². The summed E-state index contributed by atoms with van der Waals surface area (Å²) in [7, 11) is 0. The van der Waals surface area contributed by atoms with Gasteiger partial charge in [0.1, 0.15) is 5.75 Å². The number of nitrogens with two attached hydrogens (primary N) is 1. The molecule has 4 rings (SSSR count). The van der Waals surface area contributed by atoms with Gasteiger partial charge in [-0.1, -0.05) is 33.5 Å². The Labute approximate surface area is 174 Å². The second-order valence-electron chi connectivity index (χ2n) is 5.90. The molecular formula is C19H12Cl2N4O4. The van der Waals surface area contributed by atoms with Crippen LogP contribution in [0.2, 0.25) is 10.0 Å². The topological polar surface area (TPSA) is 117 Å². The Morgan fingerprint density at radius 1 is 1.03 bits per heavy atom. The van der Waals surface area contributed by atoms with E-state index in [1.165, 1.54) is 0 Å². The van der Waals surface area contributed by atoms with Crippen molar-refractivity contribution in [3.05, 3.63) is 58.6 Å². The van der Waals surface area contributed by atoms with Gasteiger partial charge in [0.2, 0.25) is 5.82 Å². The molecule has 0 spiro atoms. The minimum absolute atomic E-state index is 0.189. The third-order valence-electron chi connectivity index (χ3n) is 3.85. The van der Waals surface area contributed by atoms with E-state index < -0.39 is 5.91 Å². The minimum atomic E-state index is -0.552. The molecule has 0 atom stereocenters. The van der Waals surface area contributed by atoms with E-state index in [0.717, 1.165) is 0 Å². The fraction of sp³-hybridized carbons (Fsp3) is 0.0526. The molecule has 0 aliphatic carbocycles. The largest absolute Gasteiger partial charge is 0.484 e. The maximum atomic E-state index is 10.8. The Morgan fingerprint density at radius 2 is 1.83 bits per heavy atom. The normalized spacial score (nSPS) is 10.8. The van der Waals surface area contributed by atoms with E-state index in [0.29, 0.717) is 44.2 Å². The molecule has 0 aliphatic heterocycles. The molecule has 0 aliphatic rings. The zero-order valence-electron chi connectivity index (χ0n) is 14.6. The predicted octanol–water partition coefficient (Wildman–Crippen LogP) is 4.23. The second-order valence-corrected chi connectivity index (χ2v) is 6.75. The van der Waals surface area contributed by atoms with Crippen LogP contribution in [-0.2, 0) is 4.79 Å². The van der Waals surface area contributed by atoms with Crippen LogP contribution >= 0.6 is 23.2 Å². The van der Waals surface area contributed by atoms with Crippen LogP contribution in [0.5, 0.6) is 5.75 Å². The Morgan fingerprint density at radius 3 is 2.55 bits per heavy atom. The molecule has 29 heavy (non-hydrogen) atoms. The molecule has 1 amide bonds. The lowest BCUT2D eigenvalue weighted by Gasteiger charge is -2.03. The van der Waals surface area contributed by atoms with Crippen molar-refractivity contribution in [3.8, 4) is 40.0 Å². The molecule has 2 aromatic heterocycles. The van der Waals surface area contributed by atoms with Gasteiger partial charge in [-0.05, 0) is 42.5 Å². The van der Waals surface area contributed by atoms with Gasteiger partial charge in [-0.15, -0.1) is 0 Å². The highest BCUT2D eigenvalue weighted by Gasteiger charge is 2.17. The van der Waals surface area contributed by atoms with E-state index in [1.54, 1.807) is 48.5 Å². The van der Waals surface area contributed by atoms with Crippen molar-refractivity contribution in [2.45, 2.75) is 0 Å². The van der Waals surface area contributed by atoms with Crippen LogP contribution in [0.15, 0.2) is 57.6 Å². The Hall–Kier alpha value is -3.36. The average Bonchev–Trinajstić information content (AvgIpc) is 3.36. The van der Waals surface area contributed by atoms with Crippen LogP contribution in [0.3, 0.4) is 0 Å². The first-order valence-electron chi connectivity index (χ1n) is 8.27. The van der Waals surface area contributed by atoms with Crippen LogP contribution in [0, 0.1) is 0 Å². The summed E-state index contributed by atoms with van der Waals surface area (Å²) in [5.74, 6) is 0.933. The van der Waals surface area contributed by atoms with Crippen molar-refractivity contribution >= 4 is 29.1 Å². The summed E-state index contributed by atoms with van der Waals surface area (Å²) >= 11 is 12.1. The van der Waals surface area contributed by atoms with E-state index >= 15 is 0 Å². The predicted molar refractivity (Wildman–Crippen MR) is 105 cm³/mol. The molecule has 0 unspecified atom stereocenters. The van der Waals surface area contributed by atoms with Crippen molar-refractivity contribution < 1.29 is 18.6 Å². The average molecular weight is 431 g/mol. The minimum Gasteiger partial charge on any atom is -0.484 e. The Balaban J connectivity index is 1.54. The first kappa shape index (κ1) is 19.0. The number of rotatable bonds is 6. The van der Waals surface area contributed by atoms with Gasteiger partial charge in [0.15, 0.2) is 18.1 Å². The number of primary amides is 1. The van der Waals surface area contributed by atoms with Crippen LogP contribution in [0.1, 0.15) is 0 Å². The molecule has 146 valence electrons. The van der Waals surface area contributed by atoms with Gasteiger partial charge >= 0.3 is 0 Å². The summed E-state index contributed by atoms with van der Waals surface area (Å²) in [5.41, 5.74) is 6.75. The number of halogens is 2. The van der Waals surface area contributed by atoms with E-state index in [9.17, 15) is 4.79 Å². The van der Waals surface area contributed by atoms with E-state index in [4.69, 9.17) is 42.7 Å². The number of amides is 1. The quantitative estimate of drug-likeness (QED) is 0.486. The number of carbonyl (C=O) groups excluding carboxylic acids is 1. The van der Waals surface area contributed by atoms with Crippen LogP contribution in [0.4, 0.5) is 0 Å². The van der Waals surface area contributed by atoms with Crippen LogP contribution in [0.25, 0.3) is 34.3 Å². The maximum absolute atomic E-state index is 10.8. The number of hydrogen-bond acceptors (Lipinski definition) is 7. The summed E-state index contributed by atoms with van der Waals surface area (Å²) in [5, 5.41) is 8.87. The van der Waals surface area contributed by atoms with Gasteiger partial charge in [0, 0.05) is 22.2 Å². The van der Waals surface area contributed by atoms with Gasteiger partial charge in [-0.25, -0.2) is 0 Å². The van der Waals surface area contributed by atoms with E-state index in [1.807, 2.05) is 0 Å². The fourth-order valence-electron chi connectivity index (χ4n) is 2.49. The Kier molecular flexibility index (Phi) is 5.20. The first-order valence-corrected chi connectivity index (χ1v) is 9.03. The lowest BCUT2D eigenvalue weighted by atomic mass is 10.1. The van der Waals surface area contributed by atoms with Crippen molar-refractivity contribution in [2.75, 3.05) is 6.61 Å². The third-order valence-corrected chi connectivity index (χ3v) is 4.39. The molecule has 4 aromatic rings. The standard InChI is InChI=1S/C19H12Cl2N4O4/c20-11-3-6-13(14(21)7-11)16-8-15(24-28-16)19-23-18(25-29-19)10-1-4-12(5-2-10)27-9-17(22)26/h1-8H,9H2,(H2,22,26). The first-order chi connectivity index (χ1) is 14.0. The highest BCUT2D eigenvalue weighted by Crippen LogP contribution is 2.33. The summed E-state index contributed by atoms with van der Waals surface area (Å²) in [6.07, 6.45) is 0. The van der Waals surface area contributed by atoms with Gasteiger partial charge in [0.05, 0.1) is 5.02 Å². The number of ether oxygens (including phenoxy) is 1. The van der Waals surface area contributed by atoms with Gasteiger partial charge in [0.25, 0.3) is 11.8 Å². The zero-order valence-corrected chi connectivity index (χ0v) is 16.1. The lowest BCUT2D eigenvalue weighted by molar-refractivity contribution is -0.119. The number of hydrogen-bond donors (Lipinski definition) is 1. The summed E-state index contributed by atoms with van der Waals surface area (Å²) in [6.45, 7) is -0.197. The van der Waals surface area contributed by atoms with Crippen molar-refractivity contribution in [1.82, 2.24) is 15.3 Å². The van der Waals surface area contributed by atoms with Crippen molar-refractivity contribution in [1.29, 1.82) is 0 Å². The van der Waals surface area contributed by atoms with Gasteiger partial charge in [-0.2, -0.15) is 4.98 Å². The third kappa shape index (κ3) is 4.23. The van der Waals surface area contributed by atoms with Crippen molar-refractivity contribution in [3.63, 3.8) is 0 Å². The van der Waals surface area contributed by atoms with Gasteiger partial charge in [-0.3, -0.25) is 4.79 Å². The molecule has 0 fully saturated rings. The number of nitrogens with zero attached hydrogens (tertiary/aromatic N) is 3. The van der Waals surface area contributed by atoms with Crippen LogP contribution < -0.4 is 10.5 Å². The van der Waals surface area contributed by atoms with E-state index in [-0.39, 0.29) is 12.5 Å². The molecule has 8 nitrogen and oxygen atoms in total. The molecule has 2 N–H and O–H groups in total. The zero-order chi connectivity index (χ0) is 20.4. The highest BCUT2D eigenvalue weighted by molar-refractivity contribution is 6.36. The molecule has 2 heterocycles. The smallest absolute Gasteiger partial charge is 0.280 e. The maximum Gasteiger partial charge on any atom is 0.280 e. The van der Waals surface area contributed by atoms with E-state index in [2.05, 4.69) is 15.3 Å². The Bertz CT molecular complexity index is 1170. The second kappa shape index (κ2) is 7.94. The summed E-state index contributed by atoms with van der Waals surface area (Å²) in [6, 6.07) is 13.5. The fourth-order valence-corrected chi connectivity index (χ4v) is 2.99. The molecule has 0 bridgehead atoms. The molecular weight excluding hydrogens is 419 g/mol. The molecule has 10 heteroatoms. The summed E-state index contributed by atoms with van der Waals surface area (Å²) in [4.78, 5) is 15.1. The number of carbonyl (C=O) groups is 1. The summed E-state index contributed by atoms with van der Waals surface area (Å²) < 4.78 is 15.8. The number of aromatic nitrogens is 3. The SMILES string of the molecule is NC(=O)COc1ccc(-c2noc(-c3cc(-c4ccc(Cl)cc4Cl)on3)n2)cc1. The lowest BCUT2D eigenvalue weighted by Crippen LogP contribution is -2.19. The number of benzene rings is 2. The molecule has 0 saturated carbocycles. The highest BCUT2D eigenvalue weighted by atomic mass is 35.5. The molecule has 0 radical (unpaired) electrons.